The van der Waals surface area contributed by atoms with Gasteiger partial charge in [0.15, 0.2) is 0 Å². The molecule has 12 heavy (non-hydrogen) atoms. The molecular weight excluding hydrogens is 156 g/mol. The zero-order chi connectivity index (χ0) is 9.56. The first-order valence-electron chi connectivity index (χ1n) is 4.27. The normalized spacial score (nSPS) is 12.2. The Balaban J connectivity index is 4.21. The van der Waals surface area contributed by atoms with Crippen molar-refractivity contribution in [1.29, 1.82) is 0 Å². The molecule has 1 atom stereocenters. The van der Waals surface area contributed by atoms with Gasteiger partial charge in [0, 0.05) is 6.42 Å². The summed E-state index contributed by atoms with van der Waals surface area (Å²) in [5, 5.41) is 0. The third-order valence-corrected chi connectivity index (χ3v) is 1.80. The topological polar surface area (TPSA) is 43.4 Å². The van der Waals surface area contributed by atoms with Crippen LogP contribution in [0.1, 0.15) is 33.1 Å². The molecule has 0 saturated heterocycles. The quantitative estimate of drug-likeness (QED) is 0.467. The number of rotatable bonds is 5. The third-order valence-electron chi connectivity index (χ3n) is 1.80. The first kappa shape index (κ1) is 11.1. The molecular formula is C9H16O3. The van der Waals surface area contributed by atoms with Gasteiger partial charge in [0.1, 0.15) is 11.7 Å². The Morgan fingerprint density at radius 2 is 1.92 bits per heavy atom. The number of carbonyl (C=O) groups is 2. The van der Waals surface area contributed by atoms with Crippen LogP contribution in [0.5, 0.6) is 0 Å². The Morgan fingerprint density at radius 3 is 2.25 bits per heavy atom. The highest BCUT2D eigenvalue weighted by Crippen LogP contribution is 2.11. The van der Waals surface area contributed by atoms with Crippen LogP contribution in [0.4, 0.5) is 0 Å². The van der Waals surface area contributed by atoms with E-state index in [0.717, 1.165) is 6.42 Å². The number of hydrogen-bond acceptors (Lipinski definition) is 3. The molecule has 0 aromatic heterocycles. The van der Waals surface area contributed by atoms with Crippen LogP contribution in [-0.2, 0) is 14.3 Å². The molecule has 70 valence electrons. The van der Waals surface area contributed by atoms with Gasteiger partial charge < -0.3 is 4.74 Å². The van der Waals surface area contributed by atoms with Crippen LogP contribution in [-0.4, -0.2) is 18.9 Å². The average molecular weight is 172 g/mol. The Hall–Kier alpha value is -0.860. The van der Waals surface area contributed by atoms with E-state index < -0.39 is 11.9 Å². The summed E-state index contributed by atoms with van der Waals surface area (Å²) in [5.74, 6) is -0.961. The van der Waals surface area contributed by atoms with Crippen molar-refractivity contribution in [3.63, 3.8) is 0 Å². The van der Waals surface area contributed by atoms with Crippen molar-refractivity contribution < 1.29 is 14.3 Å². The van der Waals surface area contributed by atoms with Crippen LogP contribution in [0.3, 0.4) is 0 Å². The van der Waals surface area contributed by atoms with Crippen molar-refractivity contribution in [3.8, 4) is 0 Å². The lowest BCUT2D eigenvalue weighted by Gasteiger charge is -2.10. The average Bonchev–Trinajstić information content (AvgIpc) is 2.11. The van der Waals surface area contributed by atoms with E-state index in [9.17, 15) is 9.59 Å². The monoisotopic (exact) mass is 172 g/mol. The van der Waals surface area contributed by atoms with Crippen molar-refractivity contribution in [2.45, 2.75) is 33.1 Å². The maximum absolute atomic E-state index is 11.2. The second-order valence-electron chi connectivity index (χ2n) is 2.68. The van der Waals surface area contributed by atoms with Crippen LogP contribution in [0.15, 0.2) is 0 Å². The molecule has 0 bridgehead atoms. The van der Waals surface area contributed by atoms with Crippen LogP contribution < -0.4 is 0 Å². The minimum Gasteiger partial charge on any atom is -0.468 e. The number of carbonyl (C=O) groups excluding carboxylic acids is 2. The molecule has 0 radical (unpaired) electrons. The van der Waals surface area contributed by atoms with Crippen molar-refractivity contribution in [3.05, 3.63) is 0 Å². The summed E-state index contributed by atoms with van der Waals surface area (Å²) in [6.45, 7) is 3.70. The molecule has 0 aliphatic heterocycles. The van der Waals surface area contributed by atoms with E-state index >= 15 is 0 Å². The van der Waals surface area contributed by atoms with Gasteiger partial charge in [-0.1, -0.05) is 20.3 Å². The Kier molecular flexibility index (Phi) is 5.34. The molecule has 0 aromatic rings. The van der Waals surface area contributed by atoms with Crippen LogP contribution >= 0.6 is 0 Å². The van der Waals surface area contributed by atoms with Crippen LogP contribution in [0, 0.1) is 5.92 Å². The Bertz CT molecular complexity index is 147. The Labute approximate surface area is 73.1 Å². The predicted octanol–water partition coefficient (Wildman–Crippen LogP) is 1.55. The minimum atomic E-state index is -0.537. The van der Waals surface area contributed by atoms with Gasteiger partial charge in [0.05, 0.1) is 7.11 Å². The number of ketones is 1. The van der Waals surface area contributed by atoms with Gasteiger partial charge in [0.25, 0.3) is 0 Å². The second-order valence-corrected chi connectivity index (χ2v) is 2.68. The lowest BCUT2D eigenvalue weighted by atomic mass is 9.97. The lowest BCUT2D eigenvalue weighted by Crippen LogP contribution is -2.24. The van der Waals surface area contributed by atoms with Gasteiger partial charge in [0.2, 0.25) is 0 Å². The van der Waals surface area contributed by atoms with Gasteiger partial charge in [-0.2, -0.15) is 0 Å². The van der Waals surface area contributed by atoms with Gasteiger partial charge in [-0.15, -0.1) is 0 Å². The highest BCUT2D eigenvalue weighted by molar-refractivity contribution is 5.98. The van der Waals surface area contributed by atoms with Crippen molar-refractivity contribution in [1.82, 2.24) is 0 Å². The molecule has 0 unspecified atom stereocenters. The zero-order valence-electron chi connectivity index (χ0n) is 7.92. The fraction of sp³-hybridized carbons (Fsp3) is 0.778. The van der Waals surface area contributed by atoms with E-state index in [0.29, 0.717) is 12.8 Å². The molecule has 0 aliphatic carbocycles. The summed E-state index contributed by atoms with van der Waals surface area (Å²) in [5.41, 5.74) is 0. The van der Waals surface area contributed by atoms with Crippen molar-refractivity contribution in [2.75, 3.05) is 7.11 Å². The molecule has 0 spiro atoms. The molecule has 3 heteroatoms. The summed E-state index contributed by atoms with van der Waals surface area (Å²) in [6.07, 6.45) is 1.82. The van der Waals surface area contributed by atoms with E-state index in [4.69, 9.17) is 0 Å². The second kappa shape index (κ2) is 5.75. The fourth-order valence-electron chi connectivity index (χ4n) is 1.09. The first-order valence-corrected chi connectivity index (χ1v) is 4.27. The zero-order valence-corrected chi connectivity index (χ0v) is 7.92. The lowest BCUT2D eigenvalue weighted by molar-refractivity contribution is -0.149. The highest BCUT2D eigenvalue weighted by atomic mass is 16.5. The maximum atomic E-state index is 11.2. The van der Waals surface area contributed by atoms with Gasteiger partial charge in [-0.3, -0.25) is 9.59 Å². The minimum absolute atomic E-state index is 0.0244. The van der Waals surface area contributed by atoms with E-state index in [-0.39, 0.29) is 5.78 Å². The van der Waals surface area contributed by atoms with Crippen molar-refractivity contribution in [2.24, 2.45) is 5.92 Å². The largest absolute Gasteiger partial charge is 0.468 e. The number of Topliss-reactive ketones (excluding diaryl/α,β-unsaturated/α-hetero) is 1. The molecule has 0 aliphatic rings. The summed E-state index contributed by atoms with van der Waals surface area (Å²) in [7, 11) is 1.31. The summed E-state index contributed by atoms with van der Waals surface area (Å²) < 4.78 is 4.53. The smallest absolute Gasteiger partial charge is 0.316 e. The number of esters is 1. The van der Waals surface area contributed by atoms with E-state index in [2.05, 4.69) is 4.74 Å². The molecule has 0 aromatic carbocycles. The molecule has 0 N–H and O–H groups in total. The Morgan fingerprint density at radius 1 is 1.33 bits per heavy atom. The molecule has 0 saturated carbocycles. The summed E-state index contributed by atoms with van der Waals surface area (Å²) >= 11 is 0. The SMILES string of the molecule is CCC[C@@H](C(=O)CC)C(=O)OC. The molecule has 0 rings (SSSR count). The van der Waals surface area contributed by atoms with Crippen LogP contribution in [0.25, 0.3) is 0 Å². The summed E-state index contributed by atoms with van der Waals surface area (Å²) in [4.78, 5) is 22.3. The summed E-state index contributed by atoms with van der Waals surface area (Å²) in [6, 6.07) is 0. The third kappa shape index (κ3) is 3.03. The van der Waals surface area contributed by atoms with Gasteiger partial charge >= 0.3 is 5.97 Å². The highest BCUT2D eigenvalue weighted by Gasteiger charge is 2.24. The first-order chi connectivity index (χ1) is 5.67. The van der Waals surface area contributed by atoms with Gasteiger partial charge in [-0.05, 0) is 6.42 Å². The maximum Gasteiger partial charge on any atom is 0.316 e. The van der Waals surface area contributed by atoms with E-state index in [1.807, 2.05) is 6.92 Å². The molecule has 3 nitrogen and oxygen atoms in total. The van der Waals surface area contributed by atoms with E-state index in [1.54, 1.807) is 6.92 Å². The molecule has 0 fully saturated rings. The van der Waals surface area contributed by atoms with Gasteiger partial charge in [-0.25, -0.2) is 0 Å². The predicted molar refractivity (Wildman–Crippen MR) is 45.7 cm³/mol. The molecule has 0 heterocycles. The number of hydrogen-bond donors (Lipinski definition) is 0. The number of ether oxygens (including phenoxy) is 1. The van der Waals surface area contributed by atoms with Crippen molar-refractivity contribution >= 4 is 11.8 Å². The van der Waals surface area contributed by atoms with Crippen LogP contribution in [0.2, 0.25) is 0 Å². The fourth-order valence-corrected chi connectivity index (χ4v) is 1.09. The standard InChI is InChI=1S/C9H16O3/c1-4-6-7(8(10)5-2)9(11)12-3/h7H,4-6H2,1-3H3/t7-/m0/s1. The molecule has 0 amide bonds. The number of methoxy groups -OCH3 is 1. The van der Waals surface area contributed by atoms with E-state index in [1.165, 1.54) is 7.11 Å².